The van der Waals surface area contributed by atoms with E-state index in [1.165, 1.54) is 29.3 Å². The van der Waals surface area contributed by atoms with Crippen LogP contribution in [0.25, 0.3) is 10.2 Å². The van der Waals surface area contributed by atoms with Gasteiger partial charge in [-0.25, -0.2) is 4.98 Å². The highest BCUT2D eigenvalue weighted by Gasteiger charge is 2.30. The molecule has 0 radical (unpaired) electrons. The third kappa shape index (κ3) is 2.77. The van der Waals surface area contributed by atoms with Gasteiger partial charge < -0.3 is 16.4 Å². The maximum absolute atomic E-state index is 6.14. The topological polar surface area (TPSA) is 88.8 Å². The molecule has 3 aromatic rings. The van der Waals surface area contributed by atoms with Gasteiger partial charge in [0.05, 0.1) is 15.9 Å². The molecule has 1 saturated carbocycles. The molecular weight excluding hydrogens is 328 g/mol. The third-order valence-electron chi connectivity index (χ3n) is 4.23. The lowest BCUT2D eigenvalue weighted by atomic mass is 9.79. The second-order valence-electron chi connectivity index (χ2n) is 5.91. The first-order valence-electron chi connectivity index (χ1n) is 7.57. The Morgan fingerprint density at radius 1 is 1.26 bits per heavy atom. The van der Waals surface area contributed by atoms with Crippen LogP contribution in [0, 0.1) is 6.92 Å². The lowest BCUT2D eigenvalue weighted by molar-refractivity contribution is 0.311. The smallest absolute Gasteiger partial charge is 0.230 e. The van der Waals surface area contributed by atoms with Crippen molar-refractivity contribution in [3.8, 4) is 0 Å². The number of anilines is 3. The van der Waals surface area contributed by atoms with Gasteiger partial charge in [-0.1, -0.05) is 0 Å². The number of hydrogen-bond acceptors (Lipinski definition) is 8. The fourth-order valence-electron chi connectivity index (χ4n) is 2.85. The molecule has 3 heterocycles. The summed E-state index contributed by atoms with van der Waals surface area (Å²) in [6.45, 7) is 1.96. The maximum atomic E-state index is 6.14. The number of hydrogen-bond donors (Lipinski definition) is 3. The first kappa shape index (κ1) is 14.8. The van der Waals surface area contributed by atoms with E-state index in [1.807, 2.05) is 20.0 Å². The van der Waals surface area contributed by atoms with Crippen molar-refractivity contribution in [2.24, 2.45) is 0 Å². The lowest BCUT2D eigenvalue weighted by Gasteiger charge is -2.34. The van der Waals surface area contributed by atoms with Crippen LogP contribution < -0.4 is 16.4 Å². The highest BCUT2D eigenvalue weighted by Crippen LogP contribution is 2.42. The van der Waals surface area contributed by atoms with Gasteiger partial charge in [-0.05, 0) is 56.4 Å². The Balaban J connectivity index is 1.62. The Kier molecular flexibility index (Phi) is 3.67. The number of aryl methyl sites for hydroxylation is 1. The van der Waals surface area contributed by atoms with E-state index in [9.17, 15) is 0 Å². The summed E-state index contributed by atoms with van der Waals surface area (Å²) < 4.78 is 5.23. The van der Waals surface area contributed by atoms with E-state index in [4.69, 9.17) is 5.73 Å². The van der Waals surface area contributed by atoms with E-state index >= 15 is 0 Å². The number of nitrogens with zero attached hydrogens (tertiary/aromatic N) is 3. The lowest BCUT2D eigenvalue weighted by Crippen LogP contribution is -2.37. The van der Waals surface area contributed by atoms with Crippen molar-refractivity contribution in [2.45, 2.75) is 31.7 Å². The summed E-state index contributed by atoms with van der Waals surface area (Å²) in [5, 5.41) is 7.43. The molecule has 3 aromatic heterocycles. The fourth-order valence-corrected chi connectivity index (χ4v) is 4.63. The zero-order chi connectivity index (χ0) is 16.0. The van der Waals surface area contributed by atoms with Gasteiger partial charge in [-0.15, -0.1) is 11.3 Å². The van der Waals surface area contributed by atoms with Crippen LogP contribution in [0.3, 0.4) is 0 Å². The molecule has 0 spiro atoms. The van der Waals surface area contributed by atoms with Crippen LogP contribution in [0.15, 0.2) is 12.1 Å². The van der Waals surface area contributed by atoms with Crippen molar-refractivity contribution in [1.29, 1.82) is 0 Å². The van der Waals surface area contributed by atoms with Crippen LogP contribution in [0.4, 0.5) is 16.8 Å². The number of nitrogens with two attached hydrogens (primary N) is 1. The maximum Gasteiger partial charge on any atom is 0.230 e. The van der Waals surface area contributed by atoms with Gasteiger partial charge in [0.2, 0.25) is 5.95 Å². The van der Waals surface area contributed by atoms with Crippen molar-refractivity contribution in [3.05, 3.63) is 22.7 Å². The molecule has 0 bridgehead atoms. The third-order valence-corrected chi connectivity index (χ3v) is 6.33. The molecule has 4 rings (SSSR count). The molecule has 0 aromatic carbocycles. The number of rotatable bonds is 4. The second-order valence-corrected chi connectivity index (χ2v) is 7.80. The zero-order valence-corrected chi connectivity index (χ0v) is 14.6. The number of thiophene rings is 1. The van der Waals surface area contributed by atoms with Gasteiger partial charge in [-0.3, -0.25) is 0 Å². The minimum atomic E-state index is 0.532. The molecule has 0 saturated heterocycles. The highest BCUT2D eigenvalue weighted by atomic mass is 32.1. The van der Waals surface area contributed by atoms with Crippen LogP contribution >= 0.6 is 22.9 Å². The molecule has 4 N–H and O–H groups in total. The SMILES string of the molecule is CN[C@H]1C[C@H](c2cc3nc(Nc4cc(C)ns4)nc(N)c3s2)C1. The van der Waals surface area contributed by atoms with Crippen molar-refractivity contribution < 1.29 is 0 Å². The van der Waals surface area contributed by atoms with Crippen LogP contribution in [-0.2, 0) is 0 Å². The average Bonchev–Trinajstić information content (AvgIpc) is 3.04. The number of nitrogens with one attached hydrogen (secondary N) is 2. The minimum Gasteiger partial charge on any atom is -0.382 e. The molecule has 1 aliphatic carbocycles. The molecule has 0 aliphatic heterocycles. The predicted molar refractivity (Wildman–Crippen MR) is 96.8 cm³/mol. The van der Waals surface area contributed by atoms with E-state index in [2.05, 4.69) is 31.0 Å². The van der Waals surface area contributed by atoms with Crippen molar-refractivity contribution in [1.82, 2.24) is 19.7 Å². The second kappa shape index (κ2) is 5.70. The van der Waals surface area contributed by atoms with Crippen LogP contribution in [-0.4, -0.2) is 27.4 Å². The fraction of sp³-hybridized carbons (Fsp3) is 0.400. The Morgan fingerprint density at radius 2 is 2.09 bits per heavy atom. The Hall–Kier alpha value is -1.77. The molecule has 0 amide bonds. The van der Waals surface area contributed by atoms with Gasteiger partial charge in [0.15, 0.2) is 0 Å². The standard InChI is InChI=1S/C15H18N6S2/c1-7-3-12(23-21-7)19-15-18-10-6-11(8-4-9(5-8)17-2)22-13(10)14(16)20-15/h3,6,8-9,17H,4-5H2,1-2H3,(H3,16,18,19,20)/t8-,9-. The largest absolute Gasteiger partial charge is 0.382 e. The predicted octanol–water partition coefficient (Wildman–Crippen LogP) is 3.25. The molecular formula is C15H18N6S2. The summed E-state index contributed by atoms with van der Waals surface area (Å²) in [4.78, 5) is 10.4. The summed E-state index contributed by atoms with van der Waals surface area (Å²) in [6, 6.07) is 4.78. The number of fused-ring (bicyclic) bond motifs is 1. The van der Waals surface area contributed by atoms with Crippen molar-refractivity contribution in [3.63, 3.8) is 0 Å². The van der Waals surface area contributed by atoms with Crippen LogP contribution in [0.1, 0.15) is 29.3 Å². The molecule has 23 heavy (non-hydrogen) atoms. The van der Waals surface area contributed by atoms with Gasteiger partial charge in [0.25, 0.3) is 0 Å². The summed E-state index contributed by atoms with van der Waals surface area (Å²) in [5.41, 5.74) is 8.04. The molecule has 8 heteroatoms. The summed E-state index contributed by atoms with van der Waals surface area (Å²) in [5.74, 6) is 1.69. The van der Waals surface area contributed by atoms with E-state index in [1.54, 1.807) is 11.3 Å². The van der Waals surface area contributed by atoms with Crippen molar-refractivity contribution in [2.75, 3.05) is 18.1 Å². The van der Waals surface area contributed by atoms with Gasteiger partial charge in [0.1, 0.15) is 10.8 Å². The van der Waals surface area contributed by atoms with Gasteiger partial charge in [0, 0.05) is 10.9 Å². The number of nitrogen functional groups attached to an aromatic ring is 1. The normalized spacial score (nSPS) is 20.6. The monoisotopic (exact) mass is 346 g/mol. The van der Waals surface area contributed by atoms with E-state index in [-0.39, 0.29) is 0 Å². The quantitative estimate of drug-likeness (QED) is 0.672. The van der Waals surface area contributed by atoms with E-state index < -0.39 is 0 Å². The Bertz CT molecular complexity index is 849. The Labute approximate surface area is 142 Å². The molecule has 1 aliphatic rings. The van der Waals surface area contributed by atoms with E-state index in [0.29, 0.717) is 23.7 Å². The van der Waals surface area contributed by atoms with Crippen molar-refractivity contribution >= 4 is 49.9 Å². The minimum absolute atomic E-state index is 0.532. The summed E-state index contributed by atoms with van der Waals surface area (Å²) in [6.07, 6.45) is 2.36. The summed E-state index contributed by atoms with van der Waals surface area (Å²) in [7, 11) is 2.02. The first-order valence-corrected chi connectivity index (χ1v) is 9.16. The van der Waals surface area contributed by atoms with Crippen LogP contribution in [0.2, 0.25) is 0 Å². The van der Waals surface area contributed by atoms with Gasteiger partial charge in [-0.2, -0.15) is 9.36 Å². The summed E-state index contributed by atoms with van der Waals surface area (Å²) >= 11 is 3.12. The molecule has 120 valence electrons. The molecule has 6 nitrogen and oxygen atoms in total. The van der Waals surface area contributed by atoms with Crippen LogP contribution in [0.5, 0.6) is 0 Å². The zero-order valence-electron chi connectivity index (χ0n) is 13.0. The Morgan fingerprint density at radius 3 is 2.78 bits per heavy atom. The van der Waals surface area contributed by atoms with Gasteiger partial charge >= 0.3 is 0 Å². The molecule has 0 unspecified atom stereocenters. The van der Waals surface area contributed by atoms with E-state index in [0.717, 1.165) is 20.9 Å². The molecule has 0 atom stereocenters. The number of aromatic nitrogens is 3. The molecule has 1 fully saturated rings. The highest BCUT2D eigenvalue weighted by molar-refractivity contribution is 7.19. The first-order chi connectivity index (χ1) is 11.1. The average molecular weight is 346 g/mol.